The van der Waals surface area contributed by atoms with E-state index >= 15 is 0 Å². The number of ether oxygens (including phenoxy) is 1. The molecule has 16 heavy (non-hydrogen) atoms. The van der Waals surface area contributed by atoms with Crippen molar-refractivity contribution >= 4 is 17.2 Å². The van der Waals surface area contributed by atoms with Crippen molar-refractivity contribution < 1.29 is 8.95 Å². The third-order valence-electron chi connectivity index (χ3n) is 2.77. The fourth-order valence-electron chi connectivity index (χ4n) is 1.92. The highest BCUT2D eigenvalue weighted by molar-refractivity contribution is 7.85. The topological polar surface area (TPSA) is 38.7 Å². The number of nitrogens with zero attached hydrogens (tertiary/aromatic N) is 1. The van der Waals surface area contributed by atoms with E-state index in [1.54, 1.807) is 0 Å². The molecule has 0 aromatic heterocycles. The number of rotatable bonds is 4. The first kappa shape index (κ1) is 13.8. The van der Waals surface area contributed by atoms with Gasteiger partial charge in [0.05, 0.1) is 10.3 Å². The Morgan fingerprint density at radius 3 is 2.50 bits per heavy atom. The fraction of sp³-hybridized carbons (Fsp3) is 0.917. The van der Waals surface area contributed by atoms with Crippen molar-refractivity contribution in [3.8, 4) is 0 Å². The van der Waals surface area contributed by atoms with E-state index in [0.717, 1.165) is 19.4 Å². The molecule has 0 bridgehead atoms. The average Bonchev–Trinajstić information content (AvgIpc) is 2.09. The zero-order chi connectivity index (χ0) is 12.4. The third-order valence-corrected chi connectivity index (χ3v) is 4.13. The van der Waals surface area contributed by atoms with Gasteiger partial charge < -0.3 is 4.74 Å². The van der Waals surface area contributed by atoms with Gasteiger partial charge in [-0.2, -0.15) is 4.40 Å². The molecule has 0 amide bonds. The third kappa shape index (κ3) is 3.67. The van der Waals surface area contributed by atoms with Crippen molar-refractivity contribution in [1.29, 1.82) is 0 Å². The smallest absolute Gasteiger partial charge is 0.144 e. The molecule has 0 spiro atoms. The first-order valence-electron chi connectivity index (χ1n) is 5.87. The maximum atomic E-state index is 11.7. The lowest BCUT2D eigenvalue weighted by molar-refractivity contribution is -0.0942. The molecule has 0 N–H and O–H groups in total. The number of hydrogen-bond acceptors (Lipinski definition) is 2. The Morgan fingerprint density at radius 2 is 2.06 bits per heavy atom. The van der Waals surface area contributed by atoms with Crippen LogP contribution in [0.25, 0.3) is 0 Å². The van der Waals surface area contributed by atoms with Crippen molar-refractivity contribution in [1.82, 2.24) is 0 Å². The lowest BCUT2D eigenvalue weighted by atomic mass is 9.72. The normalized spacial score (nSPS) is 32.7. The van der Waals surface area contributed by atoms with Gasteiger partial charge in [-0.3, -0.25) is 0 Å². The van der Waals surface area contributed by atoms with Crippen LogP contribution < -0.4 is 0 Å². The van der Waals surface area contributed by atoms with Crippen molar-refractivity contribution in [3.63, 3.8) is 0 Å². The fourth-order valence-corrected chi connectivity index (χ4v) is 2.52. The Hall–Kier alpha value is -0.220. The predicted molar refractivity (Wildman–Crippen MR) is 69.1 cm³/mol. The van der Waals surface area contributed by atoms with Crippen LogP contribution in [-0.4, -0.2) is 27.4 Å². The quantitative estimate of drug-likeness (QED) is 0.714. The van der Waals surface area contributed by atoms with Gasteiger partial charge in [0.1, 0.15) is 11.0 Å². The summed E-state index contributed by atoms with van der Waals surface area (Å²) in [4.78, 5) is 0. The molecule has 3 nitrogen and oxygen atoms in total. The molecule has 4 heteroatoms. The van der Waals surface area contributed by atoms with Crippen LogP contribution in [0.1, 0.15) is 47.5 Å². The van der Waals surface area contributed by atoms with Crippen LogP contribution in [0.4, 0.5) is 0 Å². The number of hydrogen-bond donors (Lipinski definition) is 0. The first-order valence-corrected chi connectivity index (χ1v) is 6.98. The summed E-state index contributed by atoms with van der Waals surface area (Å²) in [5.41, 5.74) is 0.0225. The summed E-state index contributed by atoms with van der Waals surface area (Å²) in [6.07, 6.45) is 3.83. The van der Waals surface area contributed by atoms with Gasteiger partial charge in [-0.25, -0.2) is 4.21 Å². The van der Waals surface area contributed by atoms with Gasteiger partial charge in [0.25, 0.3) is 0 Å². The van der Waals surface area contributed by atoms with E-state index in [1.165, 1.54) is 0 Å². The standard InChI is InChI=1S/C12H23NO2S/c1-6-15-12(5)7-10(8-12)9-13-16(14)11(2,3)4/h9-10H,6-8H2,1-5H3. The van der Waals surface area contributed by atoms with Gasteiger partial charge in [0.15, 0.2) is 0 Å². The molecule has 0 radical (unpaired) electrons. The van der Waals surface area contributed by atoms with Crippen LogP contribution in [0.15, 0.2) is 4.40 Å². The van der Waals surface area contributed by atoms with E-state index in [0.29, 0.717) is 5.92 Å². The van der Waals surface area contributed by atoms with Gasteiger partial charge in [-0.15, -0.1) is 0 Å². The molecule has 1 rings (SSSR count). The first-order chi connectivity index (χ1) is 7.27. The van der Waals surface area contributed by atoms with E-state index in [4.69, 9.17) is 4.74 Å². The highest BCUT2D eigenvalue weighted by Crippen LogP contribution is 2.39. The monoisotopic (exact) mass is 245 g/mol. The van der Waals surface area contributed by atoms with Crippen LogP contribution in [0, 0.1) is 5.92 Å². The summed E-state index contributed by atoms with van der Waals surface area (Å²) >= 11 is 0. The summed E-state index contributed by atoms with van der Waals surface area (Å²) in [7, 11) is -1.13. The molecule has 0 aromatic rings. The molecular formula is C12H23NO2S. The molecular weight excluding hydrogens is 222 g/mol. The van der Waals surface area contributed by atoms with Gasteiger partial charge in [0.2, 0.25) is 0 Å². The Balaban J connectivity index is 2.38. The second-order valence-corrected chi connectivity index (χ2v) is 7.60. The van der Waals surface area contributed by atoms with Gasteiger partial charge in [0, 0.05) is 18.7 Å². The Bertz CT molecular complexity index is 288. The van der Waals surface area contributed by atoms with Gasteiger partial charge in [-0.05, 0) is 47.5 Å². The maximum absolute atomic E-state index is 11.7. The minimum atomic E-state index is -1.13. The van der Waals surface area contributed by atoms with Crippen molar-refractivity contribution in [2.75, 3.05) is 6.61 Å². The molecule has 0 saturated heterocycles. The van der Waals surface area contributed by atoms with Gasteiger partial charge in [-0.1, -0.05) is 0 Å². The lowest BCUT2D eigenvalue weighted by Crippen LogP contribution is -2.44. The molecule has 1 atom stereocenters. The minimum Gasteiger partial charge on any atom is -0.376 e. The molecule has 0 aliphatic heterocycles. The summed E-state index contributed by atoms with van der Waals surface area (Å²) in [6.45, 7) is 10.7. The van der Waals surface area contributed by atoms with Crippen LogP contribution >= 0.6 is 0 Å². The van der Waals surface area contributed by atoms with E-state index in [1.807, 2.05) is 33.9 Å². The maximum Gasteiger partial charge on any atom is 0.144 e. The molecule has 1 aliphatic rings. The SMILES string of the molecule is CCOC1(C)CC(C=NS(=O)C(C)(C)C)C1. The van der Waals surface area contributed by atoms with Crippen LogP contribution in [0.5, 0.6) is 0 Å². The molecule has 1 unspecified atom stereocenters. The molecule has 0 heterocycles. The zero-order valence-electron chi connectivity index (χ0n) is 10.9. The summed E-state index contributed by atoms with van der Waals surface area (Å²) < 4.78 is 21.2. The van der Waals surface area contributed by atoms with Crippen LogP contribution in [-0.2, 0) is 15.7 Å². The minimum absolute atomic E-state index is 0.0225. The van der Waals surface area contributed by atoms with E-state index in [-0.39, 0.29) is 10.3 Å². The largest absolute Gasteiger partial charge is 0.376 e. The van der Waals surface area contributed by atoms with Gasteiger partial charge >= 0.3 is 0 Å². The Labute approximate surface area is 101 Å². The Morgan fingerprint density at radius 1 is 1.50 bits per heavy atom. The highest BCUT2D eigenvalue weighted by atomic mass is 32.2. The molecule has 1 saturated carbocycles. The van der Waals surface area contributed by atoms with Crippen molar-refractivity contribution in [3.05, 3.63) is 0 Å². The summed E-state index contributed by atoms with van der Waals surface area (Å²) in [5, 5.41) is 0. The summed E-state index contributed by atoms with van der Waals surface area (Å²) in [6, 6.07) is 0. The lowest BCUT2D eigenvalue weighted by Gasteiger charge is -2.43. The second kappa shape index (κ2) is 4.96. The van der Waals surface area contributed by atoms with E-state index in [9.17, 15) is 4.21 Å². The Kier molecular flexibility index (Phi) is 4.29. The molecule has 0 aromatic carbocycles. The summed E-state index contributed by atoms with van der Waals surface area (Å²) in [5.74, 6) is 0.433. The van der Waals surface area contributed by atoms with Crippen LogP contribution in [0.3, 0.4) is 0 Å². The van der Waals surface area contributed by atoms with Crippen molar-refractivity contribution in [2.24, 2.45) is 10.3 Å². The van der Waals surface area contributed by atoms with E-state index < -0.39 is 11.0 Å². The molecule has 94 valence electrons. The molecule has 1 fully saturated rings. The van der Waals surface area contributed by atoms with Crippen molar-refractivity contribution in [2.45, 2.75) is 57.8 Å². The zero-order valence-corrected chi connectivity index (χ0v) is 11.8. The average molecular weight is 245 g/mol. The van der Waals surface area contributed by atoms with Crippen LogP contribution in [0.2, 0.25) is 0 Å². The predicted octanol–water partition coefficient (Wildman–Crippen LogP) is 2.72. The molecule has 1 aliphatic carbocycles. The highest BCUT2D eigenvalue weighted by Gasteiger charge is 2.40. The second-order valence-electron chi connectivity index (χ2n) is 5.67. The van der Waals surface area contributed by atoms with E-state index in [2.05, 4.69) is 11.3 Å².